The van der Waals surface area contributed by atoms with E-state index in [0.29, 0.717) is 10.9 Å². The van der Waals surface area contributed by atoms with Gasteiger partial charge in [-0.1, -0.05) is 19.3 Å². The van der Waals surface area contributed by atoms with Crippen LogP contribution in [0.2, 0.25) is 0 Å². The molecule has 0 amide bonds. The van der Waals surface area contributed by atoms with E-state index in [0.717, 1.165) is 10.5 Å². The normalized spacial score (nSPS) is 17.0. The summed E-state index contributed by atoms with van der Waals surface area (Å²) < 4.78 is 0. The molecule has 2 rings (SSSR count). The summed E-state index contributed by atoms with van der Waals surface area (Å²) in [4.78, 5) is 5.24. The lowest BCUT2D eigenvalue weighted by atomic mass is 10.0. The summed E-state index contributed by atoms with van der Waals surface area (Å²) in [6.45, 7) is 2.03. The minimum atomic E-state index is 0.584. The van der Waals surface area contributed by atoms with Crippen molar-refractivity contribution in [1.29, 1.82) is 5.26 Å². The van der Waals surface area contributed by atoms with Crippen molar-refractivity contribution >= 4 is 11.8 Å². The molecule has 84 valence electrons. The van der Waals surface area contributed by atoms with Crippen LogP contribution in [0.1, 0.15) is 43.4 Å². The Bertz CT molecular complexity index is 403. The minimum absolute atomic E-state index is 0.584. The lowest BCUT2D eigenvalue weighted by Gasteiger charge is -2.21. The summed E-state index contributed by atoms with van der Waals surface area (Å²) in [5.41, 5.74) is 1.72. The molecule has 1 saturated carbocycles. The monoisotopic (exact) mass is 232 g/mol. The second-order valence-corrected chi connectivity index (χ2v) is 5.69. The van der Waals surface area contributed by atoms with Crippen LogP contribution in [0.5, 0.6) is 0 Å². The maximum Gasteiger partial charge on any atom is 0.154 e. The van der Waals surface area contributed by atoms with Gasteiger partial charge in [-0.3, -0.25) is 0 Å². The summed E-state index contributed by atoms with van der Waals surface area (Å²) in [6.07, 6.45) is 8.36. The van der Waals surface area contributed by atoms with Gasteiger partial charge in [-0.05, 0) is 31.4 Å². The van der Waals surface area contributed by atoms with Gasteiger partial charge in [-0.25, -0.2) is 4.98 Å². The Kier molecular flexibility index (Phi) is 3.84. The number of aromatic nitrogens is 1. The molecular weight excluding hydrogens is 216 g/mol. The molecule has 0 aliphatic heterocycles. The van der Waals surface area contributed by atoms with E-state index in [1.165, 1.54) is 32.1 Å². The average molecular weight is 232 g/mol. The summed E-state index contributed by atoms with van der Waals surface area (Å²) >= 11 is 1.84. The molecule has 0 bridgehead atoms. The zero-order valence-electron chi connectivity index (χ0n) is 9.57. The molecule has 0 N–H and O–H groups in total. The van der Waals surface area contributed by atoms with Gasteiger partial charge in [0.1, 0.15) is 6.07 Å². The maximum atomic E-state index is 9.01. The third-order valence-electron chi connectivity index (χ3n) is 2.94. The smallest absolute Gasteiger partial charge is 0.154 e. The van der Waals surface area contributed by atoms with Crippen molar-refractivity contribution in [2.24, 2.45) is 0 Å². The van der Waals surface area contributed by atoms with Crippen LogP contribution in [0.15, 0.2) is 17.2 Å². The van der Waals surface area contributed by atoms with E-state index in [1.54, 1.807) is 6.20 Å². The molecule has 1 fully saturated rings. The molecule has 1 aromatic heterocycles. The molecule has 0 atom stereocenters. The second-order valence-electron chi connectivity index (χ2n) is 4.35. The summed E-state index contributed by atoms with van der Waals surface area (Å²) in [5.74, 6) is 0. The third kappa shape index (κ3) is 2.76. The predicted molar refractivity (Wildman–Crippen MR) is 66.4 cm³/mol. The number of pyridine rings is 1. The van der Waals surface area contributed by atoms with Crippen LogP contribution >= 0.6 is 11.8 Å². The molecule has 16 heavy (non-hydrogen) atoms. The largest absolute Gasteiger partial charge is 0.244 e. The molecular formula is C13H16N2S. The molecule has 1 aromatic rings. The van der Waals surface area contributed by atoms with Crippen LogP contribution in [-0.2, 0) is 0 Å². The van der Waals surface area contributed by atoms with E-state index in [4.69, 9.17) is 5.26 Å². The molecule has 1 aliphatic rings. The Labute approximate surface area is 101 Å². The van der Waals surface area contributed by atoms with Crippen LogP contribution in [-0.4, -0.2) is 10.2 Å². The molecule has 0 unspecified atom stereocenters. The summed E-state index contributed by atoms with van der Waals surface area (Å²) in [5, 5.41) is 9.70. The molecule has 2 nitrogen and oxygen atoms in total. The lowest BCUT2D eigenvalue weighted by Crippen LogP contribution is -2.08. The Morgan fingerprint density at radius 2 is 2.12 bits per heavy atom. The Hall–Kier alpha value is -1.01. The first kappa shape index (κ1) is 11.5. The van der Waals surface area contributed by atoms with Crippen LogP contribution in [0, 0.1) is 18.3 Å². The van der Waals surface area contributed by atoms with Crippen molar-refractivity contribution in [3.8, 4) is 6.07 Å². The number of thioether (sulfide) groups is 1. The van der Waals surface area contributed by atoms with Crippen LogP contribution in [0.25, 0.3) is 0 Å². The minimum Gasteiger partial charge on any atom is -0.244 e. The van der Waals surface area contributed by atoms with E-state index in [9.17, 15) is 0 Å². The first-order valence-corrected chi connectivity index (χ1v) is 6.71. The van der Waals surface area contributed by atoms with Gasteiger partial charge in [0, 0.05) is 16.3 Å². The fraction of sp³-hybridized carbons (Fsp3) is 0.538. The van der Waals surface area contributed by atoms with E-state index in [-0.39, 0.29) is 0 Å². The van der Waals surface area contributed by atoms with E-state index in [1.807, 2.05) is 18.7 Å². The van der Waals surface area contributed by atoms with E-state index < -0.39 is 0 Å². The standard InChI is InChI=1S/C13H16N2S/c1-10-7-13(12(8-14)15-9-10)16-11-5-3-2-4-6-11/h7,9,11H,2-6H2,1H3. The first-order chi connectivity index (χ1) is 7.79. The highest BCUT2D eigenvalue weighted by Gasteiger charge is 2.16. The fourth-order valence-electron chi connectivity index (χ4n) is 2.08. The average Bonchev–Trinajstić information content (AvgIpc) is 2.31. The highest BCUT2D eigenvalue weighted by molar-refractivity contribution is 8.00. The summed E-state index contributed by atoms with van der Waals surface area (Å²) in [7, 11) is 0. The zero-order valence-corrected chi connectivity index (χ0v) is 10.4. The van der Waals surface area contributed by atoms with Crippen LogP contribution in [0.4, 0.5) is 0 Å². The van der Waals surface area contributed by atoms with Gasteiger partial charge in [-0.2, -0.15) is 5.26 Å². The van der Waals surface area contributed by atoms with Crippen molar-refractivity contribution in [2.45, 2.75) is 49.2 Å². The number of hydrogen-bond donors (Lipinski definition) is 0. The highest BCUT2D eigenvalue weighted by Crippen LogP contribution is 2.34. The van der Waals surface area contributed by atoms with Crippen molar-refractivity contribution in [3.05, 3.63) is 23.5 Å². The maximum absolute atomic E-state index is 9.01. The van der Waals surface area contributed by atoms with Crippen molar-refractivity contribution in [2.75, 3.05) is 0 Å². The van der Waals surface area contributed by atoms with Crippen LogP contribution < -0.4 is 0 Å². The molecule has 0 spiro atoms. The van der Waals surface area contributed by atoms with Crippen molar-refractivity contribution in [3.63, 3.8) is 0 Å². The van der Waals surface area contributed by atoms with E-state index in [2.05, 4.69) is 17.1 Å². The van der Waals surface area contributed by atoms with Crippen molar-refractivity contribution in [1.82, 2.24) is 4.98 Å². The lowest BCUT2D eigenvalue weighted by molar-refractivity contribution is 0.516. The van der Waals surface area contributed by atoms with Gasteiger partial charge in [-0.15, -0.1) is 11.8 Å². The number of nitriles is 1. The number of hydrogen-bond acceptors (Lipinski definition) is 3. The first-order valence-electron chi connectivity index (χ1n) is 5.83. The van der Waals surface area contributed by atoms with Gasteiger partial charge in [0.2, 0.25) is 0 Å². The topological polar surface area (TPSA) is 36.7 Å². The molecule has 3 heteroatoms. The molecule has 0 saturated heterocycles. The van der Waals surface area contributed by atoms with Crippen LogP contribution in [0.3, 0.4) is 0 Å². The Morgan fingerprint density at radius 1 is 1.38 bits per heavy atom. The SMILES string of the molecule is Cc1cnc(C#N)c(SC2CCCCC2)c1. The quantitative estimate of drug-likeness (QED) is 0.780. The molecule has 0 radical (unpaired) electrons. The summed E-state index contributed by atoms with van der Waals surface area (Å²) in [6, 6.07) is 4.27. The molecule has 1 heterocycles. The second kappa shape index (κ2) is 5.36. The third-order valence-corrected chi connectivity index (χ3v) is 4.31. The number of nitrogens with zero attached hydrogens (tertiary/aromatic N) is 2. The number of aryl methyl sites for hydroxylation is 1. The van der Waals surface area contributed by atoms with E-state index >= 15 is 0 Å². The highest BCUT2D eigenvalue weighted by atomic mass is 32.2. The Balaban J connectivity index is 2.13. The van der Waals surface area contributed by atoms with Gasteiger partial charge < -0.3 is 0 Å². The molecule has 0 aromatic carbocycles. The predicted octanol–water partition coefficient (Wildman–Crippen LogP) is 3.69. The Morgan fingerprint density at radius 3 is 2.81 bits per heavy atom. The molecule has 1 aliphatic carbocycles. The van der Waals surface area contributed by atoms with Gasteiger partial charge >= 0.3 is 0 Å². The van der Waals surface area contributed by atoms with Crippen molar-refractivity contribution < 1.29 is 0 Å². The number of rotatable bonds is 2. The van der Waals surface area contributed by atoms with Gasteiger partial charge in [0.25, 0.3) is 0 Å². The van der Waals surface area contributed by atoms with Gasteiger partial charge in [0.05, 0.1) is 0 Å². The zero-order chi connectivity index (χ0) is 11.4. The van der Waals surface area contributed by atoms with Gasteiger partial charge in [0.15, 0.2) is 5.69 Å². The fourth-order valence-corrected chi connectivity index (χ4v) is 3.47.